The Morgan fingerprint density at radius 3 is 1.52 bits per heavy atom. The molecule has 140 valence electrons. The smallest absolute Gasteiger partial charge is 0.104 e. The van der Waals surface area contributed by atoms with Gasteiger partial charge < -0.3 is 0 Å². The number of hydrogen-bond acceptors (Lipinski definition) is 13. The molecule has 0 rings (SSSR count). The molecule has 0 aromatic heterocycles. The fourth-order valence-corrected chi connectivity index (χ4v) is 15.5. The summed E-state index contributed by atoms with van der Waals surface area (Å²) < 4.78 is 0.659. The van der Waals surface area contributed by atoms with E-state index in [1.807, 2.05) is 58.8 Å². The third kappa shape index (κ3) is 10.2. The van der Waals surface area contributed by atoms with Crippen LogP contribution in [0, 0.1) is 0 Å². The van der Waals surface area contributed by atoms with E-state index in [9.17, 15) is 0 Å². The SMILES string of the molecule is SCSC(CS)SC(S)C(SCS)(SCS)C(SCS)SCS. The topological polar surface area (TPSA) is 0 Å². The van der Waals surface area contributed by atoms with E-state index in [4.69, 9.17) is 12.6 Å². The average Bonchev–Trinajstić information content (AvgIpc) is 2.53. The third-order valence-electron chi connectivity index (χ3n) is 2.40. The molecule has 23 heavy (non-hydrogen) atoms. The van der Waals surface area contributed by atoms with Gasteiger partial charge >= 0.3 is 0 Å². The van der Waals surface area contributed by atoms with Crippen LogP contribution in [-0.2, 0) is 0 Å². The highest BCUT2D eigenvalue weighted by Gasteiger charge is 2.46. The zero-order valence-corrected chi connectivity index (χ0v) is 23.2. The summed E-state index contributed by atoms with van der Waals surface area (Å²) in [6.07, 6.45) is 0. The highest BCUT2D eigenvalue weighted by atomic mass is 32.3. The fourth-order valence-electron chi connectivity index (χ4n) is 1.51. The molecule has 0 saturated carbocycles. The predicted octanol–water partition coefficient (Wildman–Crippen LogP) is 6.36. The van der Waals surface area contributed by atoms with Gasteiger partial charge in [0, 0.05) is 31.2 Å². The maximum absolute atomic E-state index is 4.99. The predicted molar refractivity (Wildman–Crippen MR) is 152 cm³/mol. The van der Waals surface area contributed by atoms with Crippen molar-refractivity contribution < 1.29 is 0 Å². The summed E-state index contributed by atoms with van der Waals surface area (Å²) in [5, 5.41) is 3.78. The van der Waals surface area contributed by atoms with Gasteiger partial charge in [0.1, 0.15) is 4.08 Å². The molecule has 0 aromatic carbocycles. The summed E-state index contributed by atoms with van der Waals surface area (Å²) in [5.41, 5.74) is 0. The summed E-state index contributed by atoms with van der Waals surface area (Å²) in [6, 6.07) is 0. The van der Waals surface area contributed by atoms with Crippen molar-refractivity contribution in [3.05, 3.63) is 0 Å². The van der Waals surface area contributed by atoms with Crippen molar-refractivity contribution in [2.75, 3.05) is 31.2 Å². The first kappa shape index (κ1) is 27.5. The first-order chi connectivity index (χ1) is 11.1. The second-order valence-corrected chi connectivity index (χ2v) is 16.6. The molecule has 0 N–H and O–H groups in total. The molecule has 0 saturated heterocycles. The molecule has 0 aliphatic carbocycles. The van der Waals surface area contributed by atoms with Gasteiger partial charge in [-0.1, -0.05) is 0 Å². The monoisotopic (exact) mass is 558 g/mol. The minimum atomic E-state index is -0.129. The van der Waals surface area contributed by atoms with Crippen LogP contribution in [0.5, 0.6) is 0 Å². The molecule has 0 radical (unpaired) electrons. The van der Waals surface area contributed by atoms with Gasteiger partial charge in [-0.3, -0.25) is 0 Å². The van der Waals surface area contributed by atoms with E-state index in [-0.39, 0.29) is 8.66 Å². The van der Waals surface area contributed by atoms with Crippen LogP contribution in [0.4, 0.5) is 0 Å². The van der Waals surface area contributed by atoms with Gasteiger partial charge in [-0.25, -0.2) is 0 Å². The Balaban J connectivity index is 5.41. The fraction of sp³-hybridized carbons (Fsp3) is 1.00. The Labute approximate surface area is 205 Å². The van der Waals surface area contributed by atoms with E-state index in [2.05, 4.69) is 75.8 Å². The van der Waals surface area contributed by atoms with Crippen LogP contribution in [0.1, 0.15) is 0 Å². The van der Waals surface area contributed by atoms with Crippen molar-refractivity contribution in [2.24, 2.45) is 0 Å². The summed E-state index contributed by atoms with van der Waals surface area (Å²) in [4.78, 5) is 0. The van der Waals surface area contributed by atoms with E-state index in [1.54, 1.807) is 11.8 Å². The van der Waals surface area contributed by atoms with Gasteiger partial charge in [-0.15, -0.1) is 70.6 Å². The van der Waals surface area contributed by atoms with Crippen molar-refractivity contribution in [1.82, 2.24) is 0 Å². The number of thiol groups is 7. The number of rotatable bonds is 15. The largest absolute Gasteiger partial charge is 0.177 e. The molecule has 0 bridgehead atoms. The highest BCUT2D eigenvalue weighted by molar-refractivity contribution is 8.32. The molecule has 0 fully saturated rings. The number of thioether (sulfide) groups is 6. The first-order valence-electron chi connectivity index (χ1n) is 6.17. The molecule has 0 nitrogen and oxygen atoms in total. The maximum atomic E-state index is 4.99. The normalized spacial score (nSPS) is 15.1. The van der Waals surface area contributed by atoms with Gasteiger partial charge in [0.2, 0.25) is 0 Å². The van der Waals surface area contributed by atoms with E-state index >= 15 is 0 Å². The lowest BCUT2D eigenvalue weighted by Crippen LogP contribution is -2.40. The van der Waals surface area contributed by atoms with E-state index in [0.29, 0.717) is 9.16 Å². The second-order valence-electron chi connectivity index (χ2n) is 3.59. The lowest BCUT2D eigenvalue weighted by Gasteiger charge is -2.42. The molecule has 2 unspecified atom stereocenters. The molecular weight excluding hydrogens is 537 g/mol. The van der Waals surface area contributed by atoms with Gasteiger partial charge in [0.25, 0.3) is 0 Å². The van der Waals surface area contributed by atoms with Crippen molar-refractivity contribution in [3.8, 4) is 0 Å². The van der Waals surface area contributed by atoms with Crippen LogP contribution < -0.4 is 0 Å². The second kappa shape index (κ2) is 17.4. The third-order valence-corrected chi connectivity index (χ3v) is 15.2. The summed E-state index contributed by atoms with van der Waals surface area (Å²) in [7, 11) is 0. The highest BCUT2D eigenvalue weighted by Crippen LogP contribution is 2.57. The first-order valence-corrected chi connectivity index (χ1v) is 16.5. The van der Waals surface area contributed by atoms with Crippen molar-refractivity contribution in [2.45, 2.75) is 17.8 Å². The molecular formula is C10H22S13. The zero-order valence-electron chi connectivity index (χ0n) is 12.1. The van der Waals surface area contributed by atoms with Crippen molar-refractivity contribution in [1.29, 1.82) is 0 Å². The Morgan fingerprint density at radius 1 is 0.696 bits per heavy atom. The minimum Gasteiger partial charge on any atom is -0.177 e. The van der Waals surface area contributed by atoms with Crippen molar-refractivity contribution >= 4 is 159 Å². The number of hydrogen-bond donors (Lipinski definition) is 7. The van der Waals surface area contributed by atoms with Gasteiger partial charge in [0.05, 0.1) is 13.7 Å². The van der Waals surface area contributed by atoms with Crippen molar-refractivity contribution in [3.63, 3.8) is 0 Å². The van der Waals surface area contributed by atoms with Crippen LogP contribution in [0.2, 0.25) is 0 Å². The quantitative estimate of drug-likeness (QED) is 0.0917. The molecule has 2 atom stereocenters. The zero-order chi connectivity index (χ0) is 17.7. The Bertz CT molecular complexity index is 265. The molecule has 0 amide bonds. The van der Waals surface area contributed by atoms with Crippen LogP contribution in [0.3, 0.4) is 0 Å². The van der Waals surface area contributed by atoms with E-state index in [0.717, 1.165) is 31.2 Å². The minimum absolute atomic E-state index is 0.117. The lowest BCUT2D eigenvalue weighted by atomic mass is 10.5. The maximum Gasteiger partial charge on any atom is 0.104 e. The Hall–Kier alpha value is 4.55. The van der Waals surface area contributed by atoms with E-state index < -0.39 is 0 Å². The van der Waals surface area contributed by atoms with Crippen LogP contribution in [0.15, 0.2) is 0 Å². The van der Waals surface area contributed by atoms with Gasteiger partial charge in [-0.05, 0) is 0 Å². The standard InChI is InChI=1S/C10H22S13/c11-1-7(18-2-12)23-8(17)10(21-5-15,22-6-16)9(19-3-13)20-4-14/h7-9,11-17H,1-6H2. The molecule has 13 heteroatoms. The van der Waals surface area contributed by atoms with Crippen LogP contribution in [0.25, 0.3) is 0 Å². The van der Waals surface area contributed by atoms with Gasteiger partial charge in [-0.2, -0.15) is 88.4 Å². The molecule has 0 heterocycles. The lowest BCUT2D eigenvalue weighted by molar-refractivity contribution is 0.985. The van der Waals surface area contributed by atoms with E-state index in [1.165, 1.54) is 0 Å². The van der Waals surface area contributed by atoms with Crippen LogP contribution >= 0.6 is 159 Å². The molecule has 0 aromatic rings. The molecule has 0 aliphatic heterocycles. The molecule has 0 spiro atoms. The summed E-state index contributed by atoms with van der Waals surface area (Å²) in [5.74, 6) is 0.796. The summed E-state index contributed by atoms with van der Waals surface area (Å²) >= 11 is 42.6. The molecule has 0 aliphatic rings. The van der Waals surface area contributed by atoms with Gasteiger partial charge in [0.15, 0.2) is 0 Å². The summed E-state index contributed by atoms with van der Waals surface area (Å²) in [6.45, 7) is 0. The Morgan fingerprint density at radius 2 is 1.17 bits per heavy atom. The Kier molecular flexibility index (Phi) is 20.9. The van der Waals surface area contributed by atoms with Crippen LogP contribution in [-0.4, -0.2) is 49.0 Å². The average molecular weight is 559 g/mol.